The van der Waals surface area contributed by atoms with Crippen molar-refractivity contribution in [1.29, 1.82) is 0 Å². The van der Waals surface area contributed by atoms with Crippen LogP contribution in [0.3, 0.4) is 0 Å². The maximum absolute atomic E-state index is 12.6. The number of carbonyl (C=O) groups excluding carboxylic acids is 1. The molecule has 2 heterocycles. The van der Waals surface area contributed by atoms with Crippen molar-refractivity contribution in [1.82, 2.24) is 19.9 Å². The van der Waals surface area contributed by atoms with Crippen molar-refractivity contribution in [2.45, 2.75) is 0 Å². The van der Waals surface area contributed by atoms with Crippen molar-refractivity contribution in [3.05, 3.63) is 60.2 Å². The molecule has 0 aliphatic carbocycles. The fourth-order valence-electron chi connectivity index (χ4n) is 2.05. The van der Waals surface area contributed by atoms with Crippen LogP contribution in [-0.4, -0.2) is 39.8 Å². The molecule has 0 unspecified atom stereocenters. The molecule has 1 aromatic carbocycles. The van der Waals surface area contributed by atoms with E-state index in [9.17, 15) is 4.79 Å². The Balaban J connectivity index is 2.09. The summed E-state index contributed by atoms with van der Waals surface area (Å²) >= 11 is 0. The number of nitrogens with zero attached hydrogens (tertiary/aromatic N) is 5. The Morgan fingerprint density at radius 2 is 1.79 bits per heavy atom. The van der Waals surface area contributed by atoms with E-state index in [1.165, 1.54) is 6.20 Å². The van der Waals surface area contributed by atoms with Gasteiger partial charge in [-0.25, -0.2) is 4.98 Å². The van der Waals surface area contributed by atoms with E-state index >= 15 is 0 Å². The van der Waals surface area contributed by atoms with E-state index in [2.05, 4.69) is 19.9 Å². The van der Waals surface area contributed by atoms with Crippen molar-refractivity contribution in [3.8, 4) is 11.4 Å². The molecule has 3 rings (SSSR count). The van der Waals surface area contributed by atoms with Crippen LogP contribution < -0.4 is 10.6 Å². The Labute approximate surface area is 139 Å². The Hall–Kier alpha value is -3.35. The summed E-state index contributed by atoms with van der Waals surface area (Å²) < 4.78 is 0. The summed E-state index contributed by atoms with van der Waals surface area (Å²) in [6.45, 7) is 0. The molecule has 0 bridgehead atoms. The van der Waals surface area contributed by atoms with Gasteiger partial charge in [0.15, 0.2) is 5.82 Å². The first-order valence-electron chi connectivity index (χ1n) is 7.28. The number of hydrogen-bond donors (Lipinski definition) is 1. The van der Waals surface area contributed by atoms with Gasteiger partial charge in [0.1, 0.15) is 0 Å². The molecule has 0 aliphatic heterocycles. The number of ketones is 1. The molecule has 7 heteroatoms. The number of nitrogens with two attached hydrogens (primary N) is 1. The van der Waals surface area contributed by atoms with Crippen LogP contribution in [0.15, 0.2) is 48.8 Å². The van der Waals surface area contributed by atoms with E-state index in [4.69, 9.17) is 5.73 Å². The minimum Gasteiger partial charge on any atom is -0.399 e. The summed E-state index contributed by atoms with van der Waals surface area (Å²) in [5, 5.41) is 0. The highest BCUT2D eigenvalue weighted by Crippen LogP contribution is 2.19. The molecular weight excluding hydrogens is 304 g/mol. The molecular formula is C17H16N6O. The van der Waals surface area contributed by atoms with Gasteiger partial charge >= 0.3 is 0 Å². The predicted octanol–water partition coefficient (Wildman–Crippen LogP) is 1.81. The highest BCUT2D eigenvalue weighted by Gasteiger charge is 2.17. The van der Waals surface area contributed by atoms with E-state index < -0.39 is 0 Å². The van der Waals surface area contributed by atoms with Gasteiger partial charge in [0.25, 0.3) is 0 Å². The van der Waals surface area contributed by atoms with Gasteiger partial charge in [-0.1, -0.05) is 0 Å². The highest BCUT2D eigenvalue weighted by molar-refractivity contribution is 6.06. The fourth-order valence-corrected chi connectivity index (χ4v) is 2.05. The summed E-state index contributed by atoms with van der Waals surface area (Å²) in [6.07, 6.45) is 3.10. The van der Waals surface area contributed by atoms with E-state index in [1.54, 1.807) is 49.5 Å². The summed E-state index contributed by atoms with van der Waals surface area (Å²) in [7, 11) is 3.61. The van der Waals surface area contributed by atoms with Gasteiger partial charge in [0, 0.05) is 43.3 Å². The summed E-state index contributed by atoms with van der Waals surface area (Å²) in [5.74, 6) is 0.601. The largest absolute Gasteiger partial charge is 0.399 e. The molecule has 0 amide bonds. The van der Waals surface area contributed by atoms with Gasteiger partial charge < -0.3 is 10.6 Å². The zero-order valence-corrected chi connectivity index (χ0v) is 13.3. The summed E-state index contributed by atoms with van der Waals surface area (Å²) in [4.78, 5) is 31.3. The number of hydrogen-bond acceptors (Lipinski definition) is 7. The van der Waals surface area contributed by atoms with Crippen LogP contribution >= 0.6 is 0 Å². The lowest BCUT2D eigenvalue weighted by Crippen LogP contribution is -2.18. The first-order valence-corrected chi connectivity index (χ1v) is 7.28. The third-order valence-electron chi connectivity index (χ3n) is 3.32. The molecule has 0 aliphatic rings. The topological polar surface area (TPSA) is 97.9 Å². The maximum atomic E-state index is 12.6. The van der Waals surface area contributed by atoms with Gasteiger partial charge in [-0.05, 0) is 36.4 Å². The quantitative estimate of drug-likeness (QED) is 0.578. The monoisotopic (exact) mass is 320 g/mol. The Bertz CT molecular complexity index is 862. The van der Waals surface area contributed by atoms with Crippen LogP contribution in [0, 0.1) is 0 Å². The molecule has 0 saturated carbocycles. The van der Waals surface area contributed by atoms with Crippen molar-refractivity contribution in [2.75, 3.05) is 24.7 Å². The smallest absolute Gasteiger partial charge is 0.231 e. The molecule has 0 fully saturated rings. The molecule has 0 spiro atoms. The van der Waals surface area contributed by atoms with E-state index in [-0.39, 0.29) is 11.6 Å². The standard InChI is InChI=1S/C17H16N6O/c1-23(2)17-21-15(11-5-7-13(18)8-6-11)20-16(22-17)14(24)12-4-3-9-19-10-12/h3-10H,18H2,1-2H3. The van der Waals surface area contributed by atoms with Crippen molar-refractivity contribution in [3.63, 3.8) is 0 Å². The van der Waals surface area contributed by atoms with Crippen LogP contribution in [0.5, 0.6) is 0 Å². The number of benzene rings is 1. The average molecular weight is 320 g/mol. The van der Waals surface area contributed by atoms with Crippen molar-refractivity contribution in [2.24, 2.45) is 0 Å². The van der Waals surface area contributed by atoms with E-state index in [0.717, 1.165) is 5.56 Å². The second-order valence-corrected chi connectivity index (χ2v) is 5.37. The zero-order valence-electron chi connectivity index (χ0n) is 13.3. The summed E-state index contributed by atoms with van der Waals surface area (Å²) in [5.41, 5.74) is 7.55. The minimum atomic E-state index is -0.301. The normalized spacial score (nSPS) is 10.4. The highest BCUT2D eigenvalue weighted by atomic mass is 16.1. The van der Waals surface area contributed by atoms with Crippen LogP contribution in [0.25, 0.3) is 11.4 Å². The van der Waals surface area contributed by atoms with Gasteiger partial charge in [-0.2, -0.15) is 9.97 Å². The Kier molecular flexibility index (Phi) is 4.15. The van der Waals surface area contributed by atoms with E-state index in [1.807, 2.05) is 12.1 Å². The van der Waals surface area contributed by atoms with Crippen LogP contribution in [0.1, 0.15) is 16.2 Å². The third kappa shape index (κ3) is 3.19. The van der Waals surface area contributed by atoms with Crippen LogP contribution in [0.4, 0.5) is 11.6 Å². The van der Waals surface area contributed by atoms with Gasteiger partial charge in [0.2, 0.25) is 17.6 Å². The second kappa shape index (κ2) is 6.41. The van der Waals surface area contributed by atoms with Crippen molar-refractivity contribution < 1.29 is 4.79 Å². The Morgan fingerprint density at radius 3 is 2.42 bits per heavy atom. The molecule has 120 valence electrons. The zero-order chi connectivity index (χ0) is 17.1. The Morgan fingerprint density at radius 1 is 1.04 bits per heavy atom. The lowest BCUT2D eigenvalue weighted by molar-refractivity contribution is 0.102. The molecule has 24 heavy (non-hydrogen) atoms. The number of anilines is 2. The number of nitrogen functional groups attached to an aromatic ring is 1. The molecule has 2 aromatic heterocycles. The number of carbonyl (C=O) groups is 1. The lowest BCUT2D eigenvalue weighted by Gasteiger charge is -2.12. The lowest BCUT2D eigenvalue weighted by atomic mass is 10.1. The van der Waals surface area contributed by atoms with E-state index in [0.29, 0.717) is 23.0 Å². The minimum absolute atomic E-state index is 0.0773. The first kappa shape index (κ1) is 15.5. The van der Waals surface area contributed by atoms with Crippen molar-refractivity contribution >= 4 is 17.4 Å². The van der Waals surface area contributed by atoms with Gasteiger partial charge in [-0.3, -0.25) is 9.78 Å². The second-order valence-electron chi connectivity index (χ2n) is 5.37. The maximum Gasteiger partial charge on any atom is 0.231 e. The molecule has 0 saturated heterocycles. The molecule has 0 atom stereocenters. The molecule has 3 aromatic rings. The SMILES string of the molecule is CN(C)c1nc(C(=O)c2cccnc2)nc(-c2ccc(N)cc2)n1. The number of aromatic nitrogens is 4. The first-order chi connectivity index (χ1) is 11.5. The average Bonchev–Trinajstić information content (AvgIpc) is 2.62. The molecule has 7 nitrogen and oxygen atoms in total. The molecule has 2 N–H and O–H groups in total. The summed E-state index contributed by atoms with van der Waals surface area (Å²) in [6, 6.07) is 10.5. The third-order valence-corrected chi connectivity index (χ3v) is 3.32. The number of pyridine rings is 1. The molecule has 0 radical (unpaired) electrons. The van der Waals surface area contributed by atoms with Gasteiger partial charge in [-0.15, -0.1) is 0 Å². The van der Waals surface area contributed by atoms with Gasteiger partial charge in [0.05, 0.1) is 0 Å². The van der Waals surface area contributed by atoms with Crippen LogP contribution in [-0.2, 0) is 0 Å². The number of rotatable bonds is 4. The fraction of sp³-hybridized carbons (Fsp3) is 0.118. The van der Waals surface area contributed by atoms with Crippen LogP contribution in [0.2, 0.25) is 0 Å². The predicted molar refractivity (Wildman–Crippen MR) is 91.7 cm³/mol.